The molecule has 2 aromatic carbocycles. The fraction of sp³-hybridized carbons (Fsp3) is 0.500. The molecule has 1 N–H and O–H groups in total. The van der Waals surface area contributed by atoms with Gasteiger partial charge in [-0.15, -0.1) is 0 Å². The summed E-state index contributed by atoms with van der Waals surface area (Å²) in [5.41, 5.74) is 1.08. The van der Waals surface area contributed by atoms with Crippen LogP contribution < -0.4 is 14.8 Å². The van der Waals surface area contributed by atoms with Gasteiger partial charge in [-0.3, -0.25) is 4.79 Å². The highest BCUT2D eigenvalue weighted by atomic mass is 16.5. The van der Waals surface area contributed by atoms with Crippen LogP contribution in [0.2, 0.25) is 0 Å². The molecule has 0 unspecified atom stereocenters. The van der Waals surface area contributed by atoms with E-state index in [1.165, 1.54) is 25.7 Å². The van der Waals surface area contributed by atoms with Crippen LogP contribution in [0.1, 0.15) is 77.7 Å². The minimum Gasteiger partial charge on any atom is -0.489 e. The van der Waals surface area contributed by atoms with E-state index in [0.717, 1.165) is 24.8 Å². The molecule has 0 saturated heterocycles. The number of hydrogen-bond donors (Lipinski definition) is 1. The third-order valence-electron chi connectivity index (χ3n) is 5.53. The first kappa shape index (κ1) is 26.4. The van der Waals surface area contributed by atoms with E-state index in [1.807, 2.05) is 44.2 Å². The lowest BCUT2D eigenvalue weighted by Gasteiger charge is -2.21. The number of esters is 1. The zero-order chi connectivity index (χ0) is 23.9. The van der Waals surface area contributed by atoms with E-state index in [0.29, 0.717) is 24.5 Å². The quantitative estimate of drug-likeness (QED) is 0.191. The van der Waals surface area contributed by atoms with E-state index in [9.17, 15) is 9.59 Å². The number of unbranched alkanes of at least 4 members (excludes halogenated alkanes) is 6. The summed E-state index contributed by atoms with van der Waals surface area (Å²) in [6.07, 6.45) is 8.51. The maximum atomic E-state index is 12.7. The Bertz CT molecular complexity index is 818. The van der Waals surface area contributed by atoms with Gasteiger partial charge in [0, 0.05) is 6.42 Å². The lowest BCUT2D eigenvalue weighted by Crippen LogP contribution is -2.46. The van der Waals surface area contributed by atoms with Crippen molar-refractivity contribution >= 4 is 11.9 Å². The van der Waals surface area contributed by atoms with Crippen molar-refractivity contribution in [1.29, 1.82) is 0 Å². The number of hydrogen-bond acceptors (Lipinski definition) is 4. The lowest BCUT2D eigenvalue weighted by atomic mass is 10.0. The van der Waals surface area contributed by atoms with Gasteiger partial charge >= 0.3 is 5.97 Å². The van der Waals surface area contributed by atoms with Crippen LogP contribution >= 0.6 is 0 Å². The normalized spacial score (nSPS) is 11.8. The molecular formula is C28H39NO4. The van der Waals surface area contributed by atoms with Crippen molar-refractivity contribution in [3.8, 4) is 11.5 Å². The fourth-order valence-electron chi connectivity index (χ4n) is 3.51. The van der Waals surface area contributed by atoms with Crippen LogP contribution in [-0.4, -0.2) is 17.9 Å². The Morgan fingerprint density at radius 2 is 1.42 bits per heavy atom. The van der Waals surface area contributed by atoms with Crippen molar-refractivity contribution in [2.45, 2.75) is 84.8 Å². The monoisotopic (exact) mass is 453 g/mol. The molecule has 0 aliphatic rings. The van der Waals surface area contributed by atoms with E-state index >= 15 is 0 Å². The molecule has 180 valence electrons. The maximum absolute atomic E-state index is 12.7. The van der Waals surface area contributed by atoms with E-state index in [4.69, 9.17) is 9.47 Å². The van der Waals surface area contributed by atoms with Gasteiger partial charge in [-0.2, -0.15) is 0 Å². The van der Waals surface area contributed by atoms with Gasteiger partial charge in [0.05, 0.1) is 0 Å². The topological polar surface area (TPSA) is 64.6 Å². The Morgan fingerprint density at radius 3 is 2.06 bits per heavy atom. The molecule has 1 amide bonds. The van der Waals surface area contributed by atoms with Crippen LogP contribution in [0.25, 0.3) is 0 Å². The Kier molecular flexibility index (Phi) is 12.1. The number of benzene rings is 2. The average Bonchev–Trinajstić information content (AvgIpc) is 2.82. The summed E-state index contributed by atoms with van der Waals surface area (Å²) in [6, 6.07) is 16.2. The predicted octanol–water partition coefficient (Wildman–Crippen LogP) is 6.45. The first-order valence-corrected chi connectivity index (χ1v) is 12.3. The largest absolute Gasteiger partial charge is 0.489 e. The van der Waals surface area contributed by atoms with Crippen molar-refractivity contribution in [3.63, 3.8) is 0 Å². The molecule has 0 aliphatic heterocycles. The van der Waals surface area contributed by atoms with Gasteiger partial charge in [-0.05, 0) is 42.2 Å². The summed E-state index contributed by atoms with van der Waals surface area (Å²) in [7, 11) is 0. The molecular weight excluding hydrogens is 414 g/mol. The SMILES string of the molecule is CCCCCCCCCC(=O)N[C@H](C(=O)Oc1ccc(OCc2ccccc2)cc1)C(C)C. The molecule has 0 aliphatic carbocycles. The lowest BCUT2D eigenvalue weighted by molar-refractivity contribution is -0.140. The molecule has 2 aromatic rings. The van der Waals surface area contributed by atoms with E-state index in [-0.39, 0.29) is 11.8 Å². The summed E-state index contributed by atoms with van der Waals surface area (Å²) in [4.78, 5) is 25.0. The van der Waals surface area contributed by atoms with Gasteiger partial charge in [0.25, 0.3) is 0 Å². The second kappa shape index (κ2) is 15.1. The average molecular weight is 454 g/mol. The molecule has 5 nitrogen and oxygen atoms in total. The Labute approximate surface area is 198 Å². The summed E-state index contributed by atoms with van der Waals surface area (Å²) in [5, 5.41) is 2.86. The number of carbonyl (C=O) groups excluding carboxylic acids is 2. The van der Waals surface area contributed by atoms with Crippen LogP contribution in [0.4, 0.5) is 0 Å². The number of carbonyl (C=O) groups is 2. The first-order valence-electron chi connectivity index (χ1n) is 12.3. The highest BCUT2D eigenvalue weighted by Gasteiger charge is 2.26. The standard InChI is InChI=1S/C28H39NO4/c1-4-5-6-7-8-9-13-16-26(30)29-27(22(2)3)28(31)33-25-19-17-24(18-20-25)32-21-23-14-11-10-12-15-23/h10-12,14-15,17-20,22,27H,4-9,13,16,21H2,1-3H3,(H,29,30)/t27-/m0/s1. The van der Waals surface area contributed by atoms with Crippen molar-refractivity contribution in [3.05, 3.63) is 60.2 Å². The molecule has 0 radical (unpaired) electrons. The Morgan fingerprint density at radius 1 is 0.818 bits per heavy atom. The van der Waals surface area contributed by atoms with E-state index in [1.54, 1.807) is 24.3 Å². The van der Waals surface area contributed by atoms with Crippen LogP contribution in [0.15, 0.2) is 54.6 Å². The molecule has 2 rings (SSSR count). The summed E-state index contributed by atoms with van der Waals surface area (Å²) < 4.78 is 11.3. The van der Waals surface area contributed by atoms with E-state index < -0.39 is 12.0 Å². The highest BCUT2D eigenvalue weighted by Crippen LogP contribution is 2.20. The fourth-order valence-corrected chi connectivity index (χ4v) is 3.51. The molecule has 0 spiro atoms. The third-order valence-corrected chi connectivity index (χ3v) is 5.53. The second-order valence-electron chi connectivity index (χ2n) is 8.83. The number of ether oxygens (including phenoxy) is 2. The molecule has 0 heterocycles. The number of rotatable bonds is 15. The minimum atomic E-state index is -0.670. The van der Waals surface area contributed by atoms with Crippen molar-refractivity contribution in [1.82, 2.24) is 5.32 Å². The molecule has 0 aromatic heterocycles. The Balaban J connectivity index is 1.76. The molecule has 1 atom stereocenters. The molecule has 0 saturated carbocycles. The van der Waals surface area contributed by atoms with Gasteiger partial charge in [-0.25, -0.2) is 4.79 Å². The first-order chi connectivity index (χ1) is 16.0. The van der Waals surface area contributed by atoms with E-state index in [2.05, 4.69) is 12.2 Å². The van der Waals surface area contributed by atoms with Crippen molar-refractivity contribution < 1.29 is 19.1 Å². The predicted molar refractivity (Wildman–Crippen MR) is 132 cm³/mol. The van der Waals surface area contributed by atoms with Gasteiger partial charge in [0.1, 0.15) is 24.1 Å². The molecule has 5 heteroatoms. The molecule has 0 bridgehead atoms. The zero-order valence-corrected chi connectivity index (χ0v) is 20.3. The smallest absolute Gasteiger partial charge is 0.334 e. The van der Waals surface area contributed by atoms with Gasteiger partial charge in [0.2, 0.25) is 5.91 Å². The zero-order valence-electron chi connectivity index (χ0n) is 20.3. The van der Waals surface area contributed by atoms with Crippen molar-refractivity contribution in [2.24, 2.45) is 5.92 Å². The molecule has 0 fully saturated rings. The van der Waals surface area contributed by atoms with Crippen LogP contribution in [0.5, 0.6) is 11.5 Å². The van der Waals surface area contributed by atoms with Crippen LogP contribution in [0.3, 0.4) is 0 Å². The van der Waals surface area contributed by atoms with Crippen LogP contribution in [0, 0.1) is 5.92 Å². The minimum absolute atomic E-state index is 0.0658. The maximum Gasteiger partial charge on any atom is 0.334 e. The molecule has 33 heavy (non-hydrogen) atoms. The summed E-state index contributed by atoms with van der Waals surface area (Å²) in [6.45, 7) is 6.48. The summed E-state index contributed by atoms with van der Waals surface area (Å²) >= 11 is 0. The van der Waals surface area contributed by atoms with Gasteiger partial charge in [0.15, 0.2) is 0 Å². The second-order valence-corrected chi connectivity index (χ2v) is 8.83. The summed E-state index contributed by atoms with van der Waals surface area (Å²) in [5.74, 6) is 0.518. The van der Waals surface area contributed by atoms with Crippen LogP contribution in [-0.2, 0) is 16.2 Å². The van der Waals surface area contributed by atoms with Gasteiger partial charge < -0.3 is 14.8 Å². The third kappa shape index (κ3) is 10.6. The van der Waals surface area contributed by atoms with Crippen molar-refractivity contribution in [2.75, 3.05) is 0 Å². The number of nitrogens with one attached hydrogen (secondary N) is 1. The number of amides is 1. The highest BCUT2D eigenvalue weighted by molar-refractivity contribution is 5.85. The Hall–Kier alpha value is -2.82. The van der Waals surface area contributed by atoms with Gasteiger partial charge in [-0.1, -0.05) is 89.6 Å².